The van der Waals surface area contributed by atoms with E-state index in [0.717, 1.165) is 26.6 Å². The minimum atomic E-state index is -1.84. The topological polar surface area (TPSA) is 187 Å². The molecule has 0 aliphatic carbocycles. The van der Waals surface area contributed by atoms with Gasteiger partial charge >= 0.3 is 24.0 Å². The summed E-state index contributed by atoms with van der Waals surface area (Å²) in [7, 11) is 1.22. The van der Waals surface area contributed by atoms with Crippen molar-refractivity contribution in [3.8, 4) is 0 Å². The summed E-state index contributed by atoms with van der Waals surface area (Å²) in [5, 5.41) is 19.3. The average Bonchev–Trinajstić information content (AvgIpc) is 3.35. The molecule has 16 heteroatoms. The highest BCUT2D eigenvalue weighted by Gasteiger charge is 2.66. The van der Waals surface area contributed by atoms with Crippen LogP contribution in [0.3, 0.4) is 0 Å². The van der Waals surface area contributed by atoms with Crippen molar-refractivity contribution in [2.75, 3.05) is 37.9 Å². The van der Waals surface area contributed by atoms with Gasteiger partial charge in [0.25, 0.3) is 11.6 Å². The Morgan fingerprint density at radius 2 is 1.95 bits per heavy atom. The molecule has 0 spiro atoms. The van der Waals surface area contributed by atoms with Crippen LogP contribution in [0.2, 0.25) is 0 Å². The fourth-order valence-corrected chi connectivity index (χ4v) is 6.09. The van der Waals surface area contributed by atoms with Gasteiger partial charge in [0, 0.05) is 37.3 Å². The van der Waals surface area contributed by atoms with E-state index >= 15 is 0 Å². The lowest BCUT2D eigenvalue weighted by atomic mass is 9.97. The number of fused-ring (bicyclic) bond motifs is 1. The third-order valence-corrected chi connectivity index (χ3v) is 8.11. The first-order valence-corrected chi connectivity index (χ1v) is 14.1. The monoisotopic (exact) mass is 614 g/mol. The number of urea groups is 2. The smallest absolute Gasteiger partial charge is 0.352 e. The van der Waals surface area contributed by atoms with Gasteiger partial charge in [0.2, 0.25) is 5.91 Å². The van der Waals surface area contributed by atoms with Crippen LogP contribution in [0, 0.1) is 0 Å². The third kappa shape index (κ3) is 6.24. The van der Waals surface area contributed by atoms with Gasteiger partial charge < -0.3 is 25.2 Å². The molecule has 0 saturated carbocycles. The van der Waals surface area contributed by atoms with Gasteiger partial charge in [-0.1, -0.05) is 24.3 Å². The van der Waals surface area contributed by atoms with Gasteiger partial charge in [0.1, 0.15) is 17.7 Å². The minimum absolute atomic E-state index is 0.115. The largest absolute Gasteiger partial charge is 0.477 e. The van der Waals surface area contributed by atoms with Crippen LogP contribution in [-0.4, -0.2) is 106 Å². The van der Waals surface area contributed by atoms with E-state index in [0.29, 0.717) is 5.56 Å². The highest BCUT2D eigenvalue weighted by Crippen LogP contribution is 2.46. The molecule has 4 rings (SSSR count). The standard InChI is InChI=1S/C27H30N6O9S/c1-4-5-10-28-32-12-11-31(26(32)40)25(39)29-19-9-7-6-8-17(19)13-20(35)30-27(41-3)23(38)33-21(22(36)37)18(14-42-16(2)34)15-43-24(27)33/h4-10,24H,11-15H2,1-3H3,(H,29,39)(H,30,35)(H,36,37)/b5-4+,28-10+/t24-,27?/m1/s1. The van der Waals surface area contributed by atoms with E-state index in [1.54, 1.807) is 43.3 Å². The summed E-state index contributed by atoms with van der Waals surface area (Å²) in [5.74, 6) is -3.30. The predicted octanol–water partition coefficient (Wildman–Crippen LogP) is 1.34. The van der Waals surface area contributed by atoms with Crippen LogP contribution < -0.4 is 10.6 Å². The first kappa shape index (κ1) is 31.2. The number of nitrogens with one attached hydrogen (secondary N) is 2. The molecule has 3 N–H and O–H groups in total. The number of ether oxygens (including phenoxy) is 2. The Kier molecular flexibility index (Phi) is 9.50. The molecule has 43 heavy (non-hydrogen) atoms. The lowest BCUT2D eigenvalue weighted by Crippen LogP contribution is -2.80. The van der Waals surface area contributed by atoms with Crippen molar-refractivity contribution in [3.05, 3.63) is 53.3 Å². The number of methoxy groups -OCH3 is 1. The summed E-state index contributed by atoms with van der Waals surface area (Å²) < 4.78 is 10.4. The Morgan fingerprint density at radius 3 is 2.63 bits per heavy atom. The van der Waals surface area contributed by atoms with E-state index in [-0.39, 0.29) is 48.8 Å². The molecular weight excluding hydrogens is 584 g/mol. The zero-order chi connectivity index (χ0) is 31.3. The molecule has 2 atom stereocenters. The maximum atomic E-state index is 13.3. The minimum Gasteiger partial charge on any atom is -0.477 e. The van der Waals surface area contributed by atoms with Gasteiger partial charge in [0.15, 0.2) is 0 Å². The van der Waals surface area contributed by atoms with Crippen LogP contribution >= 0.6 is 11.8 Å². The van der Waals surface area contributed by atoms with E-state index in [1.165, 1.54) is 20.2 Å². The maximum Gasteiger partial charge on any atom is 0.352 e. The number of amides is 6. The van der Waals surface area contributed by atoms with Gasteiger partial charge in [-0.25, -0.2) is 24.3 Å². The predicted molar refractivity (Wildman–Crippen MR) is 154 cm³/mol. The molecule has 0 aromatic heterocycles. The van der Waals surface area contributed by atoms with Crippen molar-refractivity contribution in [2.45, 2.75) is 31.4 Å². The number of imide groups is 1. The molecule has 6 amide bonds. The number of allylic oxidation sites excluding steroid dienone is 2. The molecule has 3 heterocycles. The van der Waals surface area contributed by atoms with Gasteiger partial charge in [-0.15, -0.1) is 11.8 Å². The van der Waals surface area contributed by atoms with Crippen LogP contribution in [0.25, 0.3) is 0 Å². The number of carboxylic acid groups (broad SMARTS) is 1. The Labute approximate surface area is 250 Å². The van der Waals surface area contributed by atoms with Crippen molar-refractivity contribution in [2.24, 2.45) is 5.10 Å². The number of para-hydroxylation sites is 1. The van der Waals surface area contributed by atoms with Gasteiger partial charge in [-0.2, -0.15) is 5.10 Å². The van der Waals surface area contributed by atoms with Crippen LogP contribution in [0.1, 0.15) is 19.4 Å². The second-order valence-electron chi connectivity index (χ2n) is 9.48. The lowest BCUT2D eigenvalue weighted by molar-refractivity contribution is -0.192. The van der Waals surface area contributed by atoms with Crippen LogP contribution in [-0.2, 0) is 35.1 Å². The summed E-state index contributed by atoms with van der Waals surface area (Å²) in [5.41, 5.74) is -1.26. The summed E-state index contributed by atoms with van der Waals surface area (Å²) in [6.07, 6.45) is 4.56. The number of β-lactam (4-membered cyclic amide) rings is 1. The number of hydrazone groups is 1. The SMILES string of the molecule is C/C=C/C=N/N1CCN(C(=O)Nc2ccccc2CC(=O)NC2(OC)C(=O)N3C(C(=O)O)=C(COC(C)=O)CS[C@@H]32)C1=O. The first-order chi connectivity index (χ1) is 20.5. The fraction of sp³-hybridized carbons (Fsp3) is 0.370. The fourth-order valence-electron chi connectivity index (χ4n) is 4.67. The second-order valence-corrected chi connectivity index (χ2v) is 10.5. The molecule has 0 bridgehead atoms. The lowest BCUT2D eigenvalue weighted by Gasteiger charge is -2.55. The number of esters is 1. The number of aliphatic carboxylic acids is 1. The average molecular weight is 615 g/mol. The summed E-state index contributed by atoms with van der Waals surface area (Å²) >= 11 is 1.15. The van der Waals surface area contributed by atoms with Gasteiger partial charge in [-0.3, -0.25) is 19.3 Å². The molecule has 0 radical (unpaired) electrons. The van der Waals surface area contributed by atoms with Gasteiger partial charge in [0.05, 0.1) is 19.5 Å². The number of carbonyl (C=O) groups is 6. The van der Waals surface area contributed by atoms with Crippen molar-refractivity contribution in [1.82, 2.24) is 20.1 Å². The number of thioether (sulfide) groups is 1. The molecule has 3 aliphatic rings. The van der Waals surface area contributed by atoms with Crippen LogP contribution in [0.4, 0.5) is 15.3 Å². The normalized spacial score (nSPS) is 21.7. The zero-order valence-electron chi connectivity index (χ0n) is 23.6. The van der Waals surface area contributed by atoms with E-state index in [1.807, 2.05) is 0 Å². The number of rotatable bonds is 10. The molecule has 228 valence electrons. The van der Waals surface area contributed by atoms with Crippen molar-refractivity contribution < 1.29 is 43.3 Å². The summed E-state index contributed by atoms with van der Waals surface area (Å²) in [6, 6.07) is 5.18. The first-order valence-electron chi connectivity index (χ1n) is 13.1. The number of benzene rings is 1. The Hall–Kier alpha value is -4.70. The Balaban J connectivity index is 1.45. The number of hydrogen-bond acceptors (Lipinski definition) is 10. The summed E-state index contributed by atoms with van der Waals surface area (Å²) in [6.45, 7) is 3.03. The van der Waals surface area contributed by atoms with E-state index in [2.05, 4.69) is 15.7 Å². The number of nitrogens with zero attached hydrogens (tertiary/aromatic N) is 4. The number of carboxylic acids is 1. The van der Waals surface area contributed by atoms with Crippen LogP contribution in [0.15, 0.2) is 52.8 Å². The van der Waals surface area contributed by atoms with E-state index in [4.69, 9.17) is 9.47 Å². The van der Waals surface area contributed by atoms with Crippen molar-refractivity contribution >= 4 is 59.5 Å². The molecule has 3 aliphatic heterocycles. The van der Waals surface area contributed by atoms with Crippen molar-refractivity contribution in [3.63, 3.8) is 0 Å². The molecule has 15 nitrogen and oxygen atoms in total. The molecule has 1 unspecified atom stereocenters. The number of anilines is 1. The Morgan fingerprint density at radius 1 is 1.21 bits per heavy atom. The molecule has 2 fully saturated rings. The summed E-state index contributed by atoms with van der Waals surface area (Å²) in [4.78, 5) is 77.3. The highest BCUT2D eigenvalue weighted by atomic mass is 32.2. The van der Waals surface area contributed by atoms with E-state index in [9.17, 15) is 33.9 Å². The number of hydrogen-bond donors (Lipinski definition) is 3. The molecule has 2 saturated heterocycles. The third-order valence-electron chi connectivity index (χ3n) is 6.74. The van der Waals surface area contributed by atoms with Gasteiger partial charge in [-0.05, 0) is 24.6 Å². The maximum absolute atomic E-state index is 13.3. The Bertz CT molecular complexity index is 1440. The van der Waals surface area contributed by atoms with Crippen LogP contribution in [0.5, 0.6) is 0 Å². The zero-order valence-corrected chi connectivity index (χ0v) is 24.4. The molecule has 1 aromatic carbocycles. The quantitative estimate of drug-likeness (QED) is 0.150. The second kappa shape index (κ2) is 13.1. The van der Waals surface area contributed by atoms with E-state index < -0.39 is 46.9 Å². The van der Waals surface area contributed by atoms with Crippen molar-refractivity contribution in [1.29, 1.82) is 0 Å². The highest BCUT2D eigenvalue weighted by molar-refractivity contribution is 8.00. The number of carbonyl (C=O) groups excluding carboxylic acids is 5. The molecular formula is C27H30N6O9S. The molecule has 1 aromatic rings.